The maximum atomic E-state index is 11.1. The van der Waals surface area contributed by atoms with Crippen molar-refractivity contribution in [3.8, 4) is 0 Å². The molecule has 3 nitrogen and oxygen atoms in total. The van der Waals surface area contributed by atoms with E-state index in [0.717, 1.165) is 38.4 Å². The van der Waals surface area contributed by atoms with E-state index in [9.17, 15) is 9.59 Å². The van der Waals surface area contributed by atoms with E-state index in [2.05, 4.69) is 0 Å². The first kappa shape index (κ1) is 14.1. The fraction of sp³-hybridized carbons (Fsp3) is 0.833. The zero-order valence-corrected chi connectivity index (χ0v) is 9.83. The number of aldehydes is 1. The molecule has 0 radical (unpaired) electrons. The lowest BCUT2D eigenvalue weighted by molar-refractivity contribution is -0.147. The predicted molar refractivity (Wildman–Crippen MR) is 59.6 cm³/mol. The number of unbranched alkanes of at least 4 members (excludes halogenated alkanes) is 5. The van der Waals surface area contributed by atoms with Gasteiger partial charge in [0.1, 0.15) is 6.29 Å². The van der Waals surface area contributed by atoms with Crippen LogP contribution in [0, 0.1) is 0 Å². The van der Waals surface area contributed by atoms with Crippen molar-refractivity contribution in [1.29, 1.82) is 0 Å². The molecule has 0 bridgehead atoms. The lowest BCUT2D eigenvalue weighted by Gasteiger charge is -2.07. The van der Waals surface area contributed by atoms with Gasteiger partial charge in [-0.2, -0.15) is 0 Å². The molecule has 0 aliphatic carbocycles. The Morgan fingerprint density at radius 3 is 2.33 bits per heavy atom. The van der Waals surface area contributed by atoms with Gasteiger partial charge in [0.2, 0.25) is 0 Å². The van der Waals surface area contributed by atoms with Crippen LogP contribution in [-0.2, 0) is 14.3 Å². The normalized spacial score (nSPS) is 10.3. The van der Waals surface area contributed by atoms with Gasteiger partial charge in [-0.05, 0) is 26.7 Å². The first-order chi connectivity index (χ1) is 7.16. The van der Waals surface area contributed by atoms with E-state index in [-0.39, 0.29) is 12.1 Å². The zero-order chi connectivity index (χ0) is 11.5. The molecule has 0 heterocycles. The van der Waals surface area contributed by atoms with E-state index in [0.29, 0.717) is 12.8 Å². The van der Waals surface area contributed by atoms with Gasteiger partial charge in [0.05, 0.1) is 6.10 Å². The standard InChI is InChI=1S/C12H22O3/c1-11(2)15-12(14)9-7-5-3-4-6-8-10-13/h10-11H,3-9H2,1-2H3. The van der Waals surface area contributed by atoms with Crippen LogP contribution in [0.2, 0.25) is 0 Å². The van der Waals surface area contributed by atoms with Crippen molar-refractivity contribution in [2.24, 2.45) is 0 Å². The van der Waals surface area contributed by atoms with Crippen molar-refractivity contribution in [3.05, 3.63) is 0 Å². The zero-order valence-electron chi connectivity index (χ0n) is 9.83. The molecule has 15 heavy (non-hydrogen) atoms. The number of hydrogen-bond acceptors (Lipinski definition) is 3. The molecule has 0 saturated carbocycles. The van der Waals surface area contributed by atoms with E-state index in [1.807, 2.05) is 13.8 Å². The Morgan fingerprint density at radius 1 is 1.13 bits per heavy atom. The quantitative estimate of drug-likeness (QED) is 0.337. The maximum Gasteiger partial charge on any atom is 0.306 e. The van der Waals surface area contributed by atoms with Crippen LogP contribution in [0.3, 0.4) is 0 Å². The van der Waals surface area contributed by atoms with Crippen molar-refractivity contribution in [2.45, 2.75) is 64.9 Å². The summed E-state index contributed by atoms with van der Waals surface area (Å²) in [6.07, 6.45) is 7.23. The van der Waals surface area contributed by atoms with Gasteiger partial charge >= 0.3 is 5.97 Å². The minimum Gasteiger partial charge on any atom is -0.463 e. The smallest absolute Gasteiger partial charge is 0.306 e. The van der Waals surface area contributed by atoms with Crippen molar-refractivity contribution < 1.29 is 14.3 Å². The Kier molecular flexibility index (Phi) is 9.13. The molecule has 0 aliphatic rings. The van der Waals surface area contributed by atoms with Crippen LogP contribution in [0.4, 0.5) is 0 Å². The highest BCUT2D eigenvalue weighted by atomic mass is 16.5. The molecule has 88 valence electrons. The van der Waals surface area contributed by atoms with Gasteiger partial charge in [-0.25, -0.2) is 0 Å². The molecular weight excluding hydrogens is 192 g/mol. The summed E-state index contributed by atoms with van der Waals surface area (Å²) in [5, 5.41) is 0. The summed E-state index contributed by atoms with van der Waals surface area (Å²) in [6.45, 7) is 3.72. The van der Waals surface area contributed by atoms with E-state index >= 15 is 0 Å². The molecule has 0 atom stereocenters. The molecule has 0 fully saturated rings. The van der Waals surface area contributed by atoms with E-state index < -0.39 is 0 Å². The van der Waals surface area contributed by atoms with Crippen LogP contribution in [0.15, 0.2) is 0 Å². The van der Waals surface area contributed by atoms with Crippen LogP contribution in [0.1, 0.15) is 58.8 Å². The average molecular weight is 214 g/mol. The highest BCUT2D eigenvalue weighted by molar-refractivity contribution is 5.69. The van der Waals surface area contributed by atoms with E-state index in [1.54, 1.807) is 0 Å². The Morgan fingerprint density at radius 2 is 1.73 bits per heavy atom. The number of ether oxygens (including phenoxy) is 1. The molecule has 3 heteroatoms. The van der Waals surface area contributed by atoms with Crippen molar-refractivity contribution >= 4 is 12.3 Å². The predicted octanol–water partition coefficient (Wildman–Crippen LogP) is 2.87. The summed E-state index contributed by atoms with van der Waals surface area (Å²) in [5.74, 6) is -0.0992. The molecule has 0 spiro atoms. The number of carbonyl (C=O) groups is 2. The Labute approximate surface area is 92.2 Å². The van der Waals surface area contributed by atoms with Gasteiger partial charge in [0, 0.05) is 12.8 Å². The first-order valence-electron chi connectivity index (χ1n) is 5.80. The third-order valence-corrected chi connectivity index (χ3v) is 2.07. The second-order valence-electron chi connectivity index (χ2n) is 4.01. The second kappa shape index (κ2) is 9.69. The number of esters is 1. The number of carbonyl (C=O) groups excluding carboxylic acids is 2. The van der Waals surface area contributed by atoms with Crippen LogP contribution in [-0.4, -0.2) is 18.4 Å². The maximum absolute atomic E-state index is 11.1. The monoisotopic (exact) mass is 214 g/mol. The van der Waals surface area contributed by atoms with Gasteiger partial charge < -0.3 is 9.53 Å². The third-order valence-electron chi connectivity index (χ3n) is 2.07. The highest BCUT2D eigenvalue weighted by Crippen LogP contribution is 2.07. The Balaban J connectivity index is 3.16. The Hall–Kier alpha value is -0.860. The van der Waals surface area contributed by atoms with E-state index in [1.165, 1.54) is 0 Å². The van der Waals surface area contributed by atoms with Gasteiger partial charge in [-0.3, -0.25) is 4.79 Å². The van der Waals surface area contributed by atoms with Gasteiger partial charge in [0.25, 0.3) is 0 Å². The molecule has 0 aliphatic heterocycles. The van der Waals surface area contributed by atoms with Crippen LogP contribution < -0.4 is 0 Å². The van der Waals surface area contributed by atoms with Gasteiger partial charge in [-0.15, -0.1) is 0 Å². The summed E-state index contributed by atoms with van der Waals surface area (Å²) in [4.78, 5) is 21.1. The molecule has 0 amide bonds. The molecule has 0 saturated heterocycles. The lowest BCUT2D eigenvalue weighted by Crippen LogP contribution is -2.10. The molecule has 0 aromatic heterocycles. The third kappa shape index (κ3) is 11.1. The summed E-state index contributed by atoms with van der Waals surface area (Å²) in [5.41, 5.74) is 0. The summed E-state index contributed by atoms with van der Waals surface area (Å²) < 4.78 is 5.01. The molecular formula is C12H22O3. The molecule has 0 aromatic carbocycles. The van der Waals surface area contributed by atoms with Crippen LogP contribution >= 0.6 is 0 Å². The number of hydrogen-bond donors (Lipinski definition) is 0. The highest BCUT2D eigenvalue weighted by Gasteiger charge is 2.04. The molecule has 0 rings (SSSR count). The van der Waals surface area contributed by atoms with Gasteiger partial charge in [-0.1, -0.05) is 19.3 Å². The Bertz CT molecular complexity index is 176. The number of rotatable bonds is 9. The lowest BCUT2D eigenvalue weighted by atomic mass is 10.1. The molecule has 0 unspecified atom stereocenters. The topological polar surface area (TPSA) is 43.4 Å². The largest absolute Gasteiger partial charge is 0.463 e. The SMILES string of the molecule is CC(C)OC(=O)CCCCCCCC=O. The van der Waals surface area contributed by atoms with Crippen molar-refractivity contribution in [2.75, 3.05) is 0 Å². The van der Waals surface area contributed by atoms with Crippen LogP contribution in [0.25, 0.3) is 0 Å². The van der Waals surface area contributed by atoms with Crippen LogP contribution in [0.5, 0.6) is 0 Å². The fourth-order valence-electron chi connectivity index (χ4n) is 1.35. The average Bonchev–Trinajstić information content (AvgIpc) is 2.15. The molecule has 0 N–H and O–H groups in total. The summed E-state index contributed by atoms with van der Waals surface area (Å²) in [6, 6.07) is 0. The van der Waals surface area contributed by atoms with Gasteiger partial charge in [0.15, 0.2) is 0 Å². The fourth-order valence-corrected chi connectivity index (χ4v) is 1.35. The van der Waals surface area contributed by atoms with Crippen molar-refractivity contribution in [1.82, 2.24) is 0 Å². The first-order valence-corrected chi connectivity index (χ1v) is 5.80. The van der Waals surface area contributed by atoms with E-state index in [4.69, 9.17) is 4.74 Å². The summed E-state index contributed by atoms with van der Waals surface area (Å²) in [7, 11) is 0. The second-order valence-corrected chi connectivity index (χ2v) is 4.01. The minimum atomic E-state index is -0.0992. The minimum absolute atomic E-state index is 0.00917. The van der Waals surface area contributed by atoms with Crippen molar-refractivity contribution in [3.63, 3.8) is 0 Å². The summed E-state index contributed by atoms with van der Waals surface area (Å²) >= 11 is 0. The molecule has 0 aromatic rings.